The van der Waals surface area contributed by atoms with Crippen LogP contribution in [0.15, 0.2) is 6.07 Å². The maximum Gasteiger partial charge on any atom is 0.223 e. The molecule has 3 fully saturated rings. The Morgan fingerprint density at radius 1 is 1.16 bits per heavy atom. The molecule has 0 amide bonds. The van der Waals surface area contributed by atoms with Crippen LogP contribution in [0.1, 0.15) is 32.1 Å². The molecular formula is C18H29N5O2. The summed E-state index contributed by atoms with van der Waals surface area (Å²) in [6.07, 6.45) is 5.97. The fourth-order valence-electron chi connectivity index (χ4n) is 4.25. The van der Waals surface area contributed by atoms with Crippen LogP contribution >= 0.6 is 0 Å². The Morgan fingerprint density at radius 3 is 2.56 bits per heavy atom. The largest absolute Gasteiger partial charge is 0.396 e. The smallest absolute Gasteiger partial charge is 0.223 e. The molecule has 7 heteroatoms. The first-order valence-corrected chi connectivity index (χ1v) is 9.51. The minimum atomic E-state index is 0.0122. The summed E-state index contributed by atoms with van der Waals surface area (Å²) in [6, 6.07) is 2.05. The van der Waals surface area contributed by atoms with Crippen molar-refractivity contribution < 1.29 is 9.84 Å². The van der Waals surface area contributed by atoms with Gasteiger partial charge in [0.15, 0.2) is 0 Å². The van der Waals surface area contributed by atoms with Crippen molar-refractivity contribution in [2.75, 3.05) is 61.5 Å². The molecule has 3 heterocycles. The number of piperidine rings is 1. The first kappa shape index (κ1) is 16.8. The number of anilines is 3. The van der Waals surface area contributed by atoms with Crippen molar-refractivity contribution in [1.82, 2.24) is 9.97 Å². The molecule has 0 spiro atoms. The summed E-state index contributed by atoms with van der Waals surface area (Å²) in [4.78, 5) is 13.4. The number of morpholine rings is 1. The number of aliphatic hydroxyl groups excluding tert-OH is 1. The van der Waals surface area contributed by atoms with E-state index in [2.05, 4.69) is 19.8 Å². The molecule has 1 aromatic rings. The molecule has 1 saturated carbocycles. The molecular weight excluding hydrogens is 318 g/mol. The number of ether oxygens (including phenoxy) is 1. The van der Waals surface area contributed by atoms with Crippen molar-refractivity contribution in [3.05, 3.63) is 6.07 Å². The highest BCUT2D eigenvalue weighted by Gasteiger charge is 2.40. The van der Waals surface area contributed by atoms with Gasteiger partial charge in [-0.15, -0.1) is 0 Å². The van der Waals surface area contributed by atoms with Crippen LogP contribution in [0.2, 0.25) is 0 Å². The van der Waals surface area contributed by atoms with Crippen LogP contribution in [0, 0.1) is 11.3 Å². The average molecular weight is 347 g/mol. The summed E-state index contributed by atoms with van der Waals surface area (Å²) < 4.78 is 5.43. The lowest BCUT2D eigenvalue weighted by atomic mass is 9.76. The third-order valence-electron chi connectivity index (χ3n) is 5.79. The number of aromatic nitrogens is 2. The zero-order chi connectivity index (χ0) is 17.3. The molecule has 3 N–H and O–H groups in total. The Bertz CT molecular complexity index is 603. The van der Waals surface area contributed by atoms with Crippen LogP contribution in [0.25, 0.3) is 0 Å². The molecule has 0 radical (unpaired) electrons. The fraction of sp³-hybridized carbons (Fsp3) is 0.778. The van der Waals surface area contributed by atoms with Gasteiger partial charge in [0.25, 0.3) is 0 Å². The summed E-state index contributed by atoms with van der Waals surface area (Å²) in [5, 5.41) is 10.1. The van der Waals surface area contributed by atoms with Gasteiger partial charge in [0.1, 0.15) is 11.6 Å². The molecule has 1 aliphatic carbocycles. The molecule has 2 saturated heterocycles. The lowest BCUT2D eigenvalue weighted by Gasteiger charge is -2.43. The van der Waals surface area contributed by atoms with Gasteiger partial charge in [-0.2, -0.15) is 9.97 Å². The monoisotopic (exact) mass is 347 g/mol. The predicted octanol–water partition coefficient (Wildman–Crippen LogP) is 1.27. The first-order valence-electron chi connectivity index (χ1n) is 9.51. The van der Waals surface area contributed by atoms with E-state index in [1.165, 1.54) is 12.8 Å². The van der Waals surface area contributed by atoms with Crippen LogP contribution < -0.4 is 15.5 Å². The number of rotatable bonds is 5. The van der Waals surface area contributed by atoms with Crippen LogP contribution in [-0.2, 0) is 4.74 Å². The minimum absolute atomic E-state index is 0.0122. The summed E-state index contributed by atoms with van der Waals surface area (Å²) in [6.45, 7) is 5.19. The van der Waals surface area contributed by atoms with Crippen molar-refractivity contribution in [1.29, 1.82) is 0 Å². The number of hydrogen-bond donors (Lipinski definition) is 2. The van der Waals surface area contributed by atoms with Gasteiger partial charge < -0.3 is 25.4 Å². The Hall–Kier alpha value is -1.60. The van der Waals surface area contributed by atoms with Crippen LogP contribution in [0.4, 0.5) is 17.6 Å². The normalized spacial score (nSPS) is 27.6. The fourth-order valence-corrected chi connectivity index (χ4v) is 4.25. The Balaban J connectivity index is 1.54. The van der Waals surface area contributed by atoms with E-state index in [0.717, 1.165) is 76.2 Å². The third kappa shape index (κ3) is 3.82. The quantitative estimate of drug-likeness (QED) is 0.829. The zero-order valence-corrected chi connectivity index (χ0v) is 14.9. The number of aliphatic hydroxyl groups is 1. The van der Waals surface area contributed by atoms with Gasteiger partial charge in [-0.1, -0.05) is 12.8 Å². The van der Waals surface area contributed by atoms with Gasteiger partial charge in [-0.05, 0) is 25.2 Å². The Morgan fingerprint density at radius 2 is 1.88 bits per heavy atom. The van der Waals surface area contributed by atoms with E-state index < -0.39 is 0 Å². The molecule has 0 bridgehead atoms. The van der Waals surface area contributed by atoms with E-state index in [1.54, 1.807) is 0 Å². The third-order valence-corrected chi connectivity index (χ3v) is 5.79. The maximum atomic E-state index is 10.1. The Kier molecular flexibility index (Phi) is 4.69. The standard InChI is InChI=1S/C18H29N5O2/c19-17-20-15(22-6-8-25-9-7-22)10-16(21-17)23-5-1-4-18(12-23,13-24)11-14-2-3-14/h10,14,24H,1-9,11-13H2,(H2,19,20,21)/t18-/m1/s1. The molecule has 7 nitrogen and oxygen atoms in total. The average Bonchev–Trinajstić information content (AvgIpc) is 3.46. The van der Waals surface area contributed by atoms with Gasteiger partial charge in [0.2, 0.25) is 5.95 Å². The molecule has 25 heavy (non-hydrogen) atoms. The van der Waals surface area contributed by atoms with E-state index in [9.17, 15) is 5.11 Å². The van der Waals surface area contributed by atoms with Crippen LogP contribution in [-0.4, -0.2) is 61.1 Å². The predicted molar refractivity (Wildman–Crippen MR) is 97.8 cm³/mol. The van der Waals surface area contributed by atoms with Gasteiger partial charge >= 0.3 is 0 Å². The molecule has 2 aliphatic heterocycles. The second kappa shape index (κ2) is 6.96. The van der Waals surface area contributed by atoms with E-state index in [-0.39, 0.29) is 12.0 Å². The zero-order valence-electron chi connectivity index (χ0n) is 14.9. The highest BCUT2D eigenvalue weighted by Crippen LogP contribution is 2.45. The van der Waals surface area contributed by atoms with Gasteiger partial charge in [0.05, 0.1) is 19.8 Å². The van der Waals surface area contributed by atoms with Gasteiger partial charge in [-0.25, -0.2) is 0 Å². The molecule has 0 aromatic carbocycles. The molecule has 4 rings (SSSR count). The summed E-state index contributed by atoms with van der Waals surface area (Å²) >= 11 is 0. The van der Waals surface area contributed by atoms with E-state index in [1.807, 2.05) is 6.07 Å². The number of nitrogens with zero attached hydrogens (tertiary/aromatic N) is 4. The SMILES string of the molecule is Nc1nc(N2CCOCC2)cc(N2CCC[C@@](CO)(CC3CC3)C2)n1. The van der Waals surface area contributed by atoms with Gasteiger partial charge in [-0.3, -0.25) is 0 Å². The van der Waals surface area contributed by atoms with Crippen molar-refractivity contribution in [2.45, 2.75) is 32.1 Å². The molecule has 138 valence electrons. The lowest BCUT2D eigenvalue weighted by molar-refractivity contribution is 0.0901. The molecule has 3 aliphatic rings. The van der Waals surface area contributed by atoms with E-state index in [0.29, 0.717) is 5.95 Å². The summed E-state index contributed by atoms with van der Waals surface area (Å²) in [7, 11) is 0. The number of nitrogens with two attached hydrogens (primary N) is 1. The molecule has 0 unspecified atom stereocenters. The topological polar surface area (TPSA) is 87.7 Å². The second-order valence-electron chi connectivity index (χ2n) is 7.87. The number of hydrogen-bond acceptors (Lipinski definition) is 7. The van der Waals surface area contributed by atoms with E-state index >= 15 is 0 Å². The van der Waals surface area contributed by atoms with Crippen LogP contribution in [0.5, 0.6) is 0 Å². The first-order chi connectivity index (χ1) is 12.2. The minimum Gasteiger partial charge on any atom is -0.396 e. The number of nitrogen functional groups attached to an aromatic ring is 1. The second-order valence-corrected chi connectivity index (χ2v) is 7.87. The van der Waals surface area contributed by atoms with Crippen LogP contribution in [0.3, 0.4) is 0 Å². The maximum absolute atomic E-state index is 10.1. The van der Waals surface area contributed by atoms with Crippen molar-refractivity contribution in [3.8, 4) is 0 Å². The van der Waals surface area contributed by atoms with Crippen molar-refractivity contribution in [2.24, 2.45) is 11.3 Å². The van der Waals surface area contributed by atoms with Crippen molar-refractivity contribution in [3.63, 3.8) is 0 Å². The molecule has 1 atom stereocenters. The van der Waals surface area contributed by atoms with Gasteiger partial charge in [0, 0.05) is 37.7 Å². The highest BCUT2D eigenvalue weighted by molar-refractivity contribution is 5.54. The van der Waals surface area contributed by atoms with Crippen molar-refractivity contribution >= 4 is 17.6 Å². The molecule has 1 aromatic heterocycles. The summed E-state index contributed by atoms with van der Waals surface area (Å²) in [5.74, 6) is 2.91. The lowest BCUT2D eigenvalue weighted by Crippen LogP contribution is -2.46. The van der Waals surface area contributed by atoms with E-state index in [4.69, 9.17) is 10.5 Å². The summed E-state index contributed by atoms with van der Waals surface area (Å²) in [5.41, 5.74) is 6.02. The highest BCUT2D eigenvalue weighted by atomic mass is 16.5. The Labute approximate surface area is 149 Å².